The van der Waals surface area contributed by atoms with Crippen LogP contribution < -0.4 is 11.5 Å². The van der Waals surface area contributed by atoms with Gasteiger partial charge in [-0.3, -0.25) is 9.69 Å². The third kappa shape index (κ3) is 2.83. The first-order valence-corrected chi connectivity index (χ1v) is 8.60. The molecule has 3 aliphatic rings. The van der Waals surface area contributed by atoms with E-state index in [1.54, 1.807) is 6.92 Å². The summed E-state index contributed by atoms with van der Waals surface area (Å²) in [6.45, 7) is 4.40. The highest BCUT2D eigenvalue weighted by molar-refractivity contribution is 6.00. The number of nitrogens with zero attached hydrogens (tertiary/aromatic N) is 3. The molecule has 10 nitrogen and oxygen atoms in total. The number of carboxylic acids is 1. The molecular formula is C16H25N5O5. The number of aliphatic carboxylic acids is 1. The number of guanidine groups is 1. The Morgan fingerprint density at radius 1 is 1.38 bits per heavy atom. The maximum absolute atomic E-state index is 12.3. The molecule has 3 rings (SSSR count). The average molecular weight is 367 g/mol. The van der Waals surface area contributed by atoms with E-state index in [1.165, 1.54) is 4.90 Å². The Kier molecular flexibility index (Phi) is 4.67. The summed E-state index contributed by atoms with van der Waals surface area (Å²) < 4.78 is 0. The third-order valence-corrected chi connectivity index (χ3v) is 5.56. The topological polar surface area (TPSA) is 166 Å². The highest BCUT2D eigenvalue weighted by atomic mass is 16.4. The van der Waals surface area contributed by atoms with Gasteiger partial charge in [-0.1, -0.05) is 6.92 Å². The van der Waals surface area contributed by atoms with Crippen molar-refractivity contribution in [2.45, 2.75) is 38.1 Å². The molecule has 0 aromatic carbocycles. The number of aliphatic imine (C=N–C) groups is 1. The summed E-state index contributed by atoms with van der Waals surface area (Å²) in [5, 5.41) is 29.6. The molecule has 2 saturated heterocycles. The van der Waals surface area contributed by atoms with Crippen LogP contribution in [0.3, 0.4) is 0 Å². The lowest BCUT2D eigenvalue weighted by molar-refractivity contribution is -0.163. The van der Waals surface area contributed by atoms with E-state index in [0.29, 0.717) is 25.2 Å². The molecule has 0 aromatic rings. The van der Waals surface area contributed by atoms with E-state index in [0.717, 1.165) is 0 Å². The lowest BCUT2D eigenvalue weighted by atomic mass is 9.77. The molecule has 0 aliphatic carbocycles. The van der Waals surface area contributed by atoms with Crippen molar-refractivity contribution in [1.29, 1.82) is 0 Å². The number of rotatable bonds is 5. The molecule has 0 aromatic heterocycles. The van der Waals surface area contributed by atoms with Gasteiger partial charge in [-0.05, 0) is 12.5 Å². The van der Waals surface area contributed by atoms with Crippen LogP contribution in [0.25, 0.3) is 0 Å². The molecule has 0 bridgehead atoms. The van der Waals surface area contributed by atoms with Crippen LogP contribution in [-0.2, 0) is 9.59 Å². The van der Waals surface area contributed by atoms with Gasteiger partial charge in [-0.25, -0.2) is 9.79 Å². The molecule has 7 N–H and O–H groups in total. The summed E-state index contributed by atoms with van der Waals surface area (Å²) in [4.78, 5) is 31.3. The minimum absolute atomic E-state index is 0.0100. The summed E-state index contributed by atoms with van der Waals surface area (Å²) in [5.41, 5.74) is 11.4. The van der Waals surface area contributed by atoms with Crippen molar-refractivity contribution in [3.63, 3.8) is 0 Å². The predicted octanol–water partition coefficient (Wildman–Crippen LogP) is -2.50. The molecular weight excluding hydrogens is 342 g/mol. The molecule has 3 aliphatic heterocycles. The zero-order valence-corrected chi connectivity index (χ0v) is 14.7. The molecule has 0 saturated carbocycles. The SMILES string of the molecule is C[C@@H](O)[C@H]1C(=O)N2C(C(=O)O)=C(CN3C[C@H](N=C(N)N)[C@@H](O)C3)[C@H](C)[C@H]12. The molecule has 144 valence electrons. The molecule has 0 radical (unpaired) electrons. The number of carboxylic acid groups (broad SMARTS) is 1. The smallest absolute Gasteiger partial charge is 0.352 e. The van der Waals surface area contributed by atoms with Crippen molar-refractivity contribution in [2.75, 3.05) is 19.6 Å². The first-order valence-electron chi connectivity index (χ1n) is 8.60. The molecule has 10 heteroatoms. The Balaban J connectivity index is 1.82. The van der Waals surface area contributed by atoms with Crippen LogP contribution in [0.5, 0.6) is 0 Å². The third-order valence-electron chi connectivity index (χ3n) is 5.56. The van der Waals surface area contributed by atoms with Crippen molar-refractivity contribution in [1.82, 2.24) is 9.80 Å². The quantitative estimate of drug-likeness (QED) is 0.202. The Morgan fingerprint density at radius 2 is 2.04 bits per heavy atom. The van der Waals surface area contributed by atoms with Crippen LogP contribution in [0.1, 0.15) is 13.8 Å². The number of carbonyl (C=O) groups is 2. The molecule has 3 heterocycles. The standard InChI is InChI=1S/C16H25N5O5/c1-6-8(3-20-4-9(10(23)5-20)19-16(17)18)13(15(25)26)21-12(6)11(7(2)22)14(21)24/h6-7,9-12,22-23H,3-5H2,1-2H3,(H,25,26)(H4,17,18,19)/t6-,7+,9-,10-,11+,12+/m0/s1. The van der Waals surface area contributed by atoms with E-state index in [-0.39, 0.29) is 29.5 Å². The Hall–Kier alpha value is -2.17. The van der Waals surface area contributed by atoms with Gasteiger partial charge >= 0.3 is 5.97 Å². The number of hydrogen-bond donors (Lipinski definition) is 5. The number of carbonyl (C=O) groups excluding carboxylic acids is 1. The lowest BCUT2D eigenvalue weighted by Gasteiger charge is -2.46. The zero-order valence-electron chi connectivity index (χ0n) is 14.7. The van der Waals surface area contributed by atoms with Crippen molar-refractivity contribution in [3.8, 4) is 0 Å². The van der Waals surface area contributed by atoms with Gasteiger partial charge in [0.1, 0.15) is 5.70 Å². The summed E-state index contributed by atoms with van der Waals surface area (Å²) >= 11 is 0. The molecule has 6 atom stereocenters. The summed E-state index contributed by atoms with van der Waals surface area (Å²) in [7, 11) is 0. The van der Waals surface area contributed by atoms with Crippen LogP contribution in [-0.4, -0.2) is 86.9 Å². The van der Waals surface area contributed by atoms with Crippen LogP contribution in [0.4, 0.5) is 0 Å². The van der Waals surface area contributed by atoms with Crippen LogP contribution in [0.15, 0.2) is 16.3 Å². The van der Waals surface area contributed by atoms with E-state index in [1.807, 2.05) is 11.8 Å². The molecule has 26 heavy (non-hydrogen) atoms. The number of hydrogen-bond acceptors (Lipinski definition) is 6. The number of aliphatic hydroxyl groups excluding tert-OH is 2. The largest absolute Gasteiger partial charge is 0.477 e. The highest BCUT2D eigenvalue weighted by Crippen LogP contribution is 2.47. The van der Waals surface area contributed by atoms with E-state index in [4.69, 9.17) is 11.5 Å². The summed E-state index contributed by atoms with van der Waals surface area (Å²) in [6.07, 6.45) is -1.58. The Bertz CT molecular complexity index is 687. The van der Waals surface area contributed by atoms with Gasteiger partial charge in [0.15, 0.2) is 5.96 Å². The molecule has 1 amide bonds. The summed E-state index contributed by atoms with van der Waals surface area (Å²) in [5.74, 6) is -2.41. The number of fused-ring (bicyclic) bond motifs is 1. The highest BCUT2D eigenvalue weighted by Gasteiger charge is 2.59. The number of likely N-dealkylation sites (tertiary alicyclic amines) is 1. The Labute approximate surface area is 150 Å². The van der Waals surface area contributed by atoms with E-state index in [2.05, 4.69) is 4.99 Å². The first-order chi connectivity index (χ1) is 12.1. The minimum Gasteiger partial charge on any atom is -0.477 e. The second kappa shape index (κ2) is 6.53. The second-order valence-electron chi connectivity index (χ2n) is 7.32. The zero-order chi connectivity index (χ0) is 19.3. The van der Waals surface area contributed by atoms with Gasteiger partial charge in [-0.2, -0.15) is 0 Å². The van der Waals surface area contributed by atoms with Gasteiger partial charge in [0, 0.05) is 25.6 Å². The maximum Gasteiger partial charge on any atom is 0.352 e. The van der Waals surface area contributed by atoms with Crippen LogP contribution in [0.2, 0.25) is 0 Å². The molecule has 0 spiro atoms. The number of aliphatic hydroxyl groups is 2. The van der Waals surface area contributed by atoms with Crippen molar-refractivity contribution in [3.05, 3.63) is 11.3 Å². The average Bonchev–Trinajstić information content (AvgIpc) is 2.96. The number of amides is 1. The van der Waals surface area contributed by atoms with Crippen molar-refractivity contribution >= 4 is 17.8 Å². The van der Waals surface area contributed by atoms with Crippen LogP contribution in [0, 0.1) is 11.8 Å². The van der Waals surface area contributed by atoms with Crippen LogP contribution >= 0.6 is 0 Å². The first kappa shape index (κ1) is 18.6. The molecule has 2 fully saturated rings. The summed E-state index contributed by atoms with van der Waals surface area (Å²) in [6, 6.07) is -0.806. The number of β-lactam (4-membered cyclic amide) rings is 1. The van der Waals surface area contributed by atoms with Gasteiger partial charge in [0.2, 0.25) is 5.91 Å². The van der Waals surface area contributed by atoms with Gasteiger partial charge < -0.3 is 31.7 Å². The van der Waals surface area contributed by atoms with Gasteiger partial charge in [0.25, 0.3) is 0 Å². The lowest BCUT2D eigenvalue weighted by Crippen LogP contribution is -2.63. The monoisotopic (exact) mass is 367 g/mol. The fourth-order valence-electron chi connectivity index (χ4n) is 4.39. The minimum atomic E-state index is -1.16. The van der Waals surface area contributed by atoms with Crippen molar-refractivity contribution < 1.29 is 24.9 Å². The predicted molar refractivity (Wildman–Crippen MR) is 91.7 cm³/mol. The number of β-amino-alcohol motifs (C(OH)–C–C–N with tert-alkyl or cyclic N) is 1. The van der Waals surface area contributed by atoms with E-state index in [9.17, 15) is 24.9 Å². The van der Waals surface area contributed by atoms with Gasteiger partial charge in [0.05, 0.1) is 30.2 Å². The maximum atomic E-state index is 12.3. The molecule has 0 unspecified atom stereocenters. The second-order valence-corrected chi connectivity index (χ2v) is 7.32. The number of nitrogens with two attached hydrogens (primary N) is 2. The fraction of sp³-hybridized carbons (Fsp3) is 0.688. The van der Waals surface area contributed by atoms with Gasteiger partial charge in [-0.15, -0.1) is 0 Å². The fourth-order valence-corrected chi connectivity index (χ4v) is 4.39. The van der Waals surface area contributed by atoms with Crippen molar-refractivity contribution in [2.24, 2.45) is 28.3 Å². The normalized spacial score (nSPS) is 35.3. The Morgan fingerprint density at radius 3 is 2.58 bits per heavy atom. The van der Waals surface area contributed by atoms with E-state index < -0.39 is 30.1 Å². The van der Waals surface area contributed by atoms with E-state index >= 15 is 0 Å².